The van der Waals surface area contributed by atoms with Crippen LogP contribution < -0.4 is 15.6 Å². The molecule has 4 rings (SSSR count). The van der Waals surface area contributed by atoms with Crippen LogP contribution in [0, 0.1) is 12.8 Å². The quantitative estimate of drug-likeness (QED) is 0.675. The summed E-state index contributed by atoms with van der Waals surface area (Å²) in [6.45, 7) is 3.02. The second-order valence-electron chi connectivity index (χ2n) is 7.31. The molecule has 0 aromatic carbocycles. The third-order valence-corrected chi connectivity index (χ3v) is 4.98. The van der Waals surface area contributed by atoms with Gasteiger partial charge >= 0.3 is 0 Å². The number of rotatable bonds is 7. The fourth-order valence-electron chi connectivity index (χ4n) is 3.20. The molecule has 8 nitrogen and oxygen atoms in total. The van der Waals surface area contributed by atoms with Gasteiger partial charge in [0.15, 0.2) is 0 Å². The van der Waals surface area contributed by atoms with Gasteiger partial charge in [0.05, 0.1) is 12.3 Å². The smallest absolute Gasteiger partial charge is 0.290 e. The Labute approximate surface area is 163 Å². The van der Waals surface area contributed by atoms with E-state index in [2.05, 4.69) is 26.6 Å². The molecule has 1 aliphatic rings. The van der Waals surface area contributed by atoms with Crippen LogP contribution in [0.3, 0.4) is 0 Å². The highest BCUT2D eigenvalue weighted by atomic mass is 16.5. The number of aromatic nitrogens is 5. The number of aryl methyl sites for hydroxylation is 3. The Kier molecular flexibility index (Phi) is 4.85. The van der Waals surface area contributed by atoms with Crippen molar-refractivity contribution >= 4 is 5.69 Å². The van der Waals surface area contributed by atoms with Gasteiger partial charge in [-0.25, -0.2) is 4.68 Å². The van der Waals surface area contributed by atoms with Crippen molar-refractivity contribution in [1.29, 1.82) is 0 Å². The lowest BCUT2D eigenvalue weighted by Gasteiger charge is -2.10. The van der Waals surface area contributed by atoms with E-state index in [0.717, 1.165) is 23.4 Å². The zero-order valence-electron chi connectivity index (χ0n) is 16.3. The van der Waals surface area contributed by atoms with Crippen molar-refractivity contribution in [1.82, 2.24) is 24.5 Å². The molecule has 0 amide bonds. The Bertz CT molecular complexity index is 1020. The number of hydrogen-bond donors (Lipinski definition) is 1. The largest absolute Gasteiger partial charge is 0.476 e. The summed E-state index contributed by atoms with van der Waals surface area (Å²) in [6.07, 6.45) is 4.83. The van der Waals surface area contributed by atoms with Gasteiger partial charge in [0.25, 0.3) is 5.56 Å². The molecule has 146 valence electrons. The lowest BCUT2D eigenvalue weighted by molar-refractivity contribution is 0.278. The van der Waals surface area contributed by atoms with Crippen molar-refractivity contribution < 1.29 is 4.74 Å². The van der Waals surface area contributed by atoms with Gasteiger partial charge in [-0.3, -0.25) is 14.5 Å². The molecule has 1 saturated carbocycles. The Morgan fingerprint density at radius 3 is 2.82 bits per heavy atom. The van der Waals surface area contributed by atoms with Crippen molar-refractivity contribution in [2.45, 2.75) is 25.8 Å². The predicted molar refractivity (Wildman–Crippen MR) is 105 cm³/mol. The van der Waals surface area contributed by atoms with Gasteiger partial charge in [0.2, 0.25) is 5.88 Å². The van der Waals surface area contributed by atoms with Crippen LogP contribution in [0.25, 0.3) is 0 Å². The molecule has 2 unspecified atom stereocenters. The molecule has 0 bridgehead atoms. The Balaban J connectivity index is 1.38. The highest BCUT2D eigenvalue weighted by Gasteiger charge is 2.40. The van der Waals surface area contributed by atoms with Gasteiger partial charge in [-0.05, 0) is 31.0 Å². The van der Waals surface area contributed by atoms with E-state index in [1.165, 1.54) is 4.68 Å². The first-order chi connectivity index (χ1) is 13.5. The van der Waals surface area contributed by atoms with Gasteiger partial charge in [-0.15, -0.1) is 5.10 Å². The summed E-state index contributed by atoms with van der Waals surface area (Å²) in [5, 5.41) is 11.8. The Hall–Kier alpha value is -3.16. The molecular formula is C20H24N6O2. The van der Waals surface area contributed by atoms with E-state index in [0.29, 0.717) is 36.6 Å². The van der Waals surface area contributed by atoms with Crippen LogP contribution in [0.4, 0.5) is 5.69 Å². The van der Waals surface area contributed by atoms with Crippen molar-refractivity contribution in [3.8, 4) is 5.88 Å². The summed E-state index contributed by atoms with van der Waals surface area (Å²) in [6, 6.07) is 7.66. The molecule has 0 aliphatic heterocycles. The first-order valence-electron chi connectivity index (χ1n) is 9.35. The van der Waals surface area contributed by atoms with Crippen LogP contribution in [-0.4, -0.2) is 31.2 Å². The summed E-state index contributed by atoms with van der Waals surface area (Å²) in [7, 11) is 3.55. The van der Waals surface area contributed by atoms with Gasteiger partial charge in [0, 0.05) is 56.6 Å². The Morgan fingerprint density at radius 1 is 1.25 bits per heavy atom. The minimum atomic E-state index is -0.190. The fourth-order valence-corrected chi connectivity index (χ4v) is 3.20. The summed E-state index contributed by atoms with van der Waals surface area (Å²) in [5.41, 5.74) is 3.35. The minimum Gasteiger partial charge on any atom is -0.476 e. The van der Waals surface area contributed by atoms with Crippen LogP contribution in [0.5, 0.6) is 5.88 Å². The van der Waals surface area contributed by atoms with E-state index < -0.39 is 0 Å². The molecule has 0 saturated heterocycles. The van der Waals surface area contributed by atoms with Gasteiger partial charge in [-0.2, -0.15) is 5.10 Å². The molecule has 0 radical (unpaired) electrons. The average molecular weight is 380 g/mol. The molecule has 2 atom stereocenters. The molecule has 28 heavy (non-hydrogen) atoms. The van der Waals surface area contributed by atoms with E-state index in [-0.39, 0.29) is 5.56 Å². The van der Waals surface area contributed by atoms with Gasteiger partial charge in [0.1, 0.15) is 5.69 Å². The van der Waals surface area contributed by atoms with E-state index in [4.69, 9.17) is 4.74 Å². The first-order valence-corrected chi connectivity index (χ1v) is 9.35. The number of pyridine rings is 1. The van der Waals surface area contributed by atoms with E-state index in [9.17, 15) is 4.79 Å². The number of nitrogens with one attached hydrogen (secondary N) is 1. The summed E-state index contributed by atoms with van der Waals surface area (Å²) in [4.78, 5) is 16.6. The number of anilines is 1. The lowest BCUT2D eigenvalue weighted by atomic mass is 10.2. The maximum atomic E-state index is 12.3. The van der Waals surface area contributed by atoms with Crippen LogP contribution >= 0.6 is 0 Å². The second kappa shape index (κ2) is 7.46. The summed E-state index contributed by atoms with van der Waals surface area (Å²) in [5.74, 6) is 1.32. The molecule has 1 aliphatic carbocycles. The van der Waals surface area contributed by atoms with Crippen molar-refractivity contribution in [2.75, 3.05) is 11.9 Å². The van der Waals surface area contributed by atoms with Crippen LogP contribution in [-0.2, 0) is 20.6 Å². The van der Waals surface area contributed by atoms with E-state index >= 15 is 0 Å². The highest BCUT2D eigenvalue weighted by Crippen LogP contribution is 2.46. The number of hydrogen-bond acceptors (Lipinski definition) is 6. The van der Waals surface area contributed by atoms with Crippen LogP contribution in [0.15, 0.2) is 41.5 Å². The zero-order valence-corrected chi connectivity index (χ0v) is 16.3. The SMILES string of the molecule is Cc1ccc(CNc2cc(OCC3CC3c3ccn(C)n3)nn(C)c2=O)cn1. The molecule has 3 heterocycles. The molecule has 8 heteroatoms. The van der Waals surface area contributed by atoms with Crippen molar-refractivity contribution in [3.05, 3.63) is 64.0 Å². The second-order valence-corrected chi connectivity index (χ2v) is 7.31. The standard InChI is InChI=1S/C20H24N6O2/c1-13-4-5-14(10-21-13)11-22-18-9-19(24-26(3)20(18)27)28-12-15-8-16(15)17-6-7-25(2)23-17/h4-7,9-10,15-16,22H,8,11-12H2,1-3H3. The molecule has 1 fully saturated rings. The third-order valence-electron chi connectivity index (χ3n) is 4.98. The molecule has 3 aromatic rings. The maximum Gasteiger partial charge on any atom is 0.290 e. The van der Waals surface area contributed by atoms with E-state index in [1.807, 2.05) is 37.0 Å². The Morgan fingerprint density at radius 2 is 2.11 bits per heavy atom. The van der Waals surface area contributed by atoms with E-state index in [1.54, 1.807) is 19.3 Å². The molecule has 1 N–H and O–H groups in total. The normalized spacial score (nSPS) is 18.1. The molecule has 3 aromatic heterocycles. The van der Waals surface area contributed by atoms with Crippen LogP contribution in [0.1, 0.15) is 29.3 Å². The van der Waals surface area contributed by atoms with Gasteiger partial charge in [-0.1, -0.05) is 6.07 Å². The molecule has 0 spiro atoms. The molecular weight excluding hydrogens is 356 g/mol. The number of nitrogens with zero attached hydrogens (tertiary/aromatic N) is 5. The van der Waals surface area contributed by atoms with Gasteiger partial charge < -0.3 is 10.1 Å². The summed E-state index contributed by atoms with van der Waals surface area (Å²) >= 11 is 0. The third kappa shape index (κ3) is 4.05. The van der Waals surface area contributed by atoms with Crippen molar-refractivity contribution in [2.24, 2.45) is 20.0 Å². The minimum absolute atomic E-state index is 0.190. The average Bonchev–Trinajstić information content (AvgIpc) is 3.33. The lowest BCUT2D eigenvalue weighted by Crippen LogP contribution is -2.24. The van der Waals surface area contributed by atoms with Crippen LogP contribution in [0.2, 0.25) is 0 Å². The summed E-state index contributed by atoms with van der Waals surface area (Å²) < 4.78 is 9.00. The first kappa shape index (κ1) is 18.2. The van der Waals surface area contributed by atoms with Crippen molar-refractivity contribution in [3.63, 3.8) is 0 Å². The monoisotopic (exact) mass is 380 g/mol. The topological polar surface area (TPSA) is 86.9 Å². The maximum absolute atomic E-state index is 12.3. The highest BCUT2D eigenvalue weighted by molar-refractivity contribution is 5.44. The predicted octanol–water partition coefficient (Wildman–Crippen LogP) is 2.01. The fraction of sp³-hybridized carbons (Fsp3) is 0.400. The zero-order chi connectivity index (χ0) is 19.7. The number of ether oxygens (including phenoxy) is 1.